The Morgan fingerprint density at radius 3 is 2.52 bits per heavy atom. The van der Waals surface area contributed by atoms with E-state index in [1.807, 2.05) is 48.5 Å². The predicted molar refractivity (Wildman–Crippen MR) is 117 cm³/mol. The van der Waals surface area contributed by atoms with Gasteiger partial charge >= 0.3 is 5.97 Å². The van der Waals surface area contributed by atoms with Crippen molar-refractivity contribution in [3.8, 4) is 23.2 Å². The smallest absolute Gasteiger partial charge is 0.342 e. The van der Waals surface area contributed by atoms with Gasteiger partial charge < -0.3 is 14.8 Å². The van der Waals surface area contributed by atoms with Crippen LogP contribution in [0, 0.1) is 11.3 Å². The van der Waals surface area contributed by atoms with E-state index in [0.717, 1.165) is 10.8 Å². The fourth-order valence-electron chi connectivity index (χ4n) is 3.25. The maximum Gasteiger partial charge on any atom is 0.342 e. The Hall–Kier alpha value is -4.44. The van der Waals surface area contributed by atoms with E-state index in [9.17, 15) is 9.90 Å². The fourth-order valence-corrected chi connectivity index (χ4v) is 3.25. The van der Waals surface area contributed by atoms with Gasteiger partial charge in [0, 0.05) is 0 Å². The number of aromatic hydroxyl groups is 1. The molecule has 1 heterocycles. The molecule has 0 spiro atoms. The number of hydrogen-bond acceptors (Lipinski definition) is 6. The van der Waals surface area contributed by atoms with Crippen LogP contribution in [0.1, 0.15) is 22.8 Å². The minimum absolute atomic E-state index is 0.00836. The van der Waals surface area contributed by atoms with Crippen LogP contribution in [0.15, 0.2) is 77.0 Å². The van der Waals surface area contributed by atoms with Crippen LogP contribution in [0.5, 0.6) is 5.88 Å². The molecule has 4 aromatic rings. The molecule has 0 unspecified atom stereocenters. The number of nitrogens with one attached hydrogen (secondary N) is 1. The third kappa shape index (κ3) is 4.00. The topological polar surface area (TPSA) is 111 Å². The highest BCUT2D eigenvalue weighted by molar-refractivity contribution is 6.04. The number of carbonyl (C=O) groups excluding carboxylic acids is 1. The van der Waals surface area contributed by atoms with E-state index in [2.05, 4.69) is 15.2 Å². The molecule has 0 saturated carbocycles. The number of fused-ring (bicyclic) bond motifs is 1. The quantitative estimate of drug-likeness (QED) is 0.310. The number of hydrogen-bond donors (Lipinski definition) is 2. The Kier molecular flexibility index (Phi) is 5.45. The standard InChI is InChI=1S/C24H18N4O3/c1-2-31-24(30)20-21(18-10-9-16-5-3-4-6-17(16)13-18)26-23(29)22(20)28-27-19-11-7-15(14-25)8-12-19/h3-13,26,29H,2H2,1H3. The molecule has 0 atom stereocenters. The van der Waals surface area contributed by atoms with Crippen molar-refractivity contribution in [2.24, 2.45) is 10.2 Å². The van der Waals surface area contributed by atoms with Gasteiger partial charge in [0.1, 0.15) is 5.56 Å². The molecule has 0 bridgehead atoms. The molecule has 0 aliphatic carbocycles. The van der Waals surface area contributed by atoms with Gasteiger partial charge in [-0.15, -0.1) is 5.11 Å². The molecule has 7 heteroatoms. The number of azo groups is 1. The third-order valence-electron chi connectivity index (χ3n) is 4.73. The zero-order valence-electron chi connectivity index (χ0n) is 16.7. The summed E-state index contributed by atoms with van der Waals surface area (Å²) in [6, 6.07) is 22.1. The zero-order valence-corrected chi connectivity index (χ0v) is 16.7. The van der Waals surface area contributed by atoms with Crippen LogP contribution >= 0.6 is 0 Å². The molecule has 7 nitrogen and oxygen atoms in total. The molecular weight excluding hydrogens is 392 g/mol. The molecule has 0 radical (unpaired) electrons. The summed E-state index contributed by atoms with van der Waals surface area (Å²) in [5.74, 6) is -0.903. The average molecular weight is 410 g/mol. The van der Waals surface area contributed by atoms with Gasteiger partial charge in [-0.3, -0.25) is 0 Å². The summed E-state index contributed by atoms with van der Waals surface area (Å²) in [7, 11) is 0. The fraction of sp³-hybridized carbons (Fsp3) is 0.0833. The Labute approximate surface area is 178 Å². The summed E-state index contributed by atoms with van der Waals surface area (Å²) in [5.41, 5.74) is 2.17. The van der Waals surface area contributed by atoms with E-state index in [1.54, 1.807) is 31.2 Å². The Balaban J connectivity index is 1.81. The van der Waals surface area contributed by atoms with Gasteiger partial charge in [0.25, 0.3) is 0 Å². The summed E-state index contributed by atoms with van der Waals surface area (Å²) >= 11 is 0. The van der Waals surface area contributed by atoms with Crippen molar-refractivity contribution < 1.29 is 14.6 Å². The van der Waals surface area contributed by atoms with Crippen molar-refractivity contribution >= 4 is 28.1 Å². The van der Waals surface area contributed by atoms with Gasteiger partial charge in [0.2, 0.25) is 5.88 Å². The summed E-state index contributed by atoms with van der Waals surface area (Å²) in [4.78, 5) is 15.6. The first-order chi connectivity index (χ1) is 15.1. The maximum atomic E-state index is 12.7. The number of nitriles is 1. The largest absolute Gasteiger partial charge is 0.493 e. The SMILES string of the molecule is CCOC(=O)c1c(-c2ccc3ccccc3c2)[nH]c(O)c1N=Nc1ccc(C#N)cc1. The molecule has 0 fully saturated rings. The average Bonchev–Trinajstić information content (AvgIpc) is 3.14. The molecule has 31 heavy (non-hydrogen) atoms. The summed E-state index contributed by atoms with van der Waals surface area (Å²) in [6.07, 6.45) is 0. The highest BCUT2D eigenvalue weighted by atomic mass is 16.5. The lowest BCUT2D eigenvalue weighted by atomic mass is 10.0. The molecule has 3 aromatic carbocycles. The Morgan fingerprint density at radius 2 is 1.81 bits per heavy atom. The number of benzene rings is 3. The molecule has 0 aliphatic heterocycles. The van der Waals surface area contributed by atoms with Gasteiger partial charge in [0.15, 0.2) is 5.69 Å². The van der Waals surface area contributed by atoms with Crippen LogP contribution in [0.3, 0.4) is 0 Å². The van der Waals surface area contributed by atoms with E-state index in [4.69, 9.17) is 10.00 Å². The van der Waals surface area contributed by atoms with Crippen molar-refractivity contribution in [1.82, 2.24) is 4.98 Å². The third-order valence-corrected chi connectivity index (χ3v) is 4.73. The van der Waals surface area contributed by atoms with E-state index in [-0.39, 0.29) is 23.7 Å². The zero-order chi connectivity index (χ0) is 21.8. The van der Waals surface area contributed by atoms with Crippen LogP contribution in [0.4, 0.5) is 11.4 Å². The van der Waals surface area contributed by atoms with Crippen LogP contribution in [0.2, 0.25) is 0 Å². The lowest BCUT2D eigenvalue weighted by molar-refractivity contribution is 0.0528. The number of nitrogens with zero attached hydrogens (tertiary/aromatic N) is 3. The van der Waals surface area contributed by atoms with Crippen molar-refractivity contribution in [3.63, 3.8) is 0 Å². The van der Waals surface area contributed by atoms with Gasteiger partial charge in [-0.25, -0.2) is 4.79 Å². The van der Waals surface area contributed by atoms with Crippen LogP contribution < -0.4 is 0 Å². The molecular formula is C24H18N4O3. The van der Waals surface area contributed by atoms with Crippen LogP contribution in [0.25, 0.3) is 22.0 Å². The van der Waals surface area contributed by atoms with E-state index in [0.29, 0.717) is 22.5 Å². The second-order valence-electron chi connectivity index (χ2n) is 6.71. The minimum atomic E-state index is -0.615. The Morgan fingerprint density at radius 1 is 1.06 bits per heavy atom. The summed E-state index contributed by atoms with van der Waals surface area (Å²) in [5, 5.41) is 29.7. The molecule has 1 aromatic heterocycles. The molecule has 0 aliphatic rings. The number of aromatic nitrogens is 1. The first-order valence-electron chi connectivity index (χ1n) is 9.64. The van der Waals surface area contributed by atoms with Crippen molar-refractivity contribution in [1.29, 1.82) is 5.26 Å². The van der Waals surface area contributed by atoms with Gasteiger partial charge in [-0.05, 0) is 53.6 Å². The number of esters is 1. The molecule has 152 valence electrons. The van der Waals surface area contributed by atoms with E-state index < -0.39 is 5.97 Å². The van der Waals surface area contributed by atoms with E-state index >= 15 is 0 Å². The molecule has 0 saturated heterocycles. The highest BCUT2D eigenvalue weighted by Crippen LogP contribution is 2.40. The number of aromatic amines is 1. The van der Waals surface area contributed by atoms with Gasteiger partial charge in [-0.1, -0.05) is 36.4 Å². The number of H-pyrrole nitrogens is 1. The normalized spacial score (nSPS) is 11.0. The Bertz CT molecular complexity index is 1330. The summed E-state index contributed by atoms with van der Waals surface area (Å²) in [6.45, 7) is 1.88. The monoisotopic (exact) mass is 410 g/mol. The molecule has 2 N–H and O–H groups in total. The highest BCUT2D eigenvalue weighted by Gasteiger charge is 2.26. The van der Waals surface area contributed by atoms with Crippen molar-refractivity contribution in [3.05, 3.63) is 77.9 Å². The molecule has 0 amide bonds. The number of ether oxygens (including phenoxy) is 1. The number of carbonyl (C=O) groups is 1. The first kappa shape index (κ1) is 19.9. The molecule has 4 rings (SSSR count). The second-order valence-corrected chi connectivity index (χ2v) is 6.71. The lowest BCUT2D eigenvalue weighted by Crippen LogP contribution is -2.05. The second kappa shape index (κ2) is 8.51. The van der Waals surface area contributed by atoms with Crippen LogP contribution in [-0.2, 0) is 4.74 Å². The van der Waals surface area contributed by atoms with Crippen molar-refractivity contribution in [2.75, 3.05) is 6.61 Å². The predicted octanol–water partition coefficient (Wildman–Crippen LogP) is 6.00. The van der Waals surface area contributed by atoms with Crippen LogP contribution in [-0.4, -0.2) is 22.7 Å². The first-order valence-corrected chi connectivity index (χ1v) is 9.64. The summed E-state index contributed by atoms with van der Waals surface area (Å²) < 4.78 is 5.21. The van der Waals surface area contributed by atoms with Gasteiger partial charge in [0.05, 0.1) is 29.6 Å². The minimum Gasteiger partial charge on any atom is -0.493 e. The van der Waals surface area contributed by atoms with E-state index in [1.165, 1.54) is 0 Å². The number of rotatable bonds is 5. The van der Waals surface area contributed by atoms with Gasteiger partial charge in [-0.2, -0.15) is 10.4 Å². The van der Waals surface area contributed by atoms with Crippen molar-refractivity contribution in [2.45, 2.75) is 6.92 Å². The maximum absolute atomic E-state index is 12.7. The lowest BCUT2D eigenvalue weighted by Gasteiger charge is -2.06.